The van der Waals surface area contributed by atoms with E-state index < -0.39 is 0 Å². The Morgan fingerprint density at radius 1 is 1.31 bits per heavy atom. The van der Waals surface area contributed by atoms with E-state index in [9.17, 15) is 0 Å². The van der Waals surface area contributed by atoms with Gasteiger partial charge in [0.05, 0.1) is 7.11 Å². The Hall–Kier alpha value is -1.06. The number of ether oxygens (including phenoxy) is 1. The van der Waals surface area contributed by atoms with Gasteiger partial charge in [-0.15, -0.1) is 0 Å². The zero-order valence-corrected chi connectivity index (χ0v) is 8.03. The topological polar surface area (TPSA) is 61.3 Å². The Morgan fingerprint density at radius 2 is 2.00 bits per heavy atom. The zero-order chi connectivity index (χ0) is 9.84. The first-order chi connectivity index (χ1) is 6.15. The molecular weight excluding hydrogens is 164 g/mol. The van der Waals surface area contributed by atoms with Gasteiger partial charge in [-0.05, 0) is 24.6 Å². The molecule has 1 aromatic carbocycles. The fraction of sp³-hybridized carbons (Fsp3) is 0.400. The summed E-state index contributed by atoms with van der Waals surface area (Å²) in [6.45, 7) is 1.89. The van der Waals surface area contributed by atoms with E-state index >= 15 is 0 Å². The van der Waals surface area contributed by atoms with Crippen molar-refractivity contribution in [2.24, 2.45) is 11.5 Å². The average Bonchev–Trinajstić information content (AvgIpc) is 2.16. The number of methoxy groups -OCH3 is 1. The fourth-order valence-electron chi connectivity index (χ4n) is 1.15. The van der Waals surface area contributed by atoms with Gasteiger partial charge in [-0.3, -0.25) is 0 Å². The summed E-state index contributed by atoms with van der Waals surface area (Å²) >= 11 is 0. The highest BCUT2D eigenvalue weighted by Gasteiger charge is 2.10. The minimum Gasteiger partial charge on any atom is -0.497 e. The summed E-state index contributed by atoms with van der Waals surface area (Å²) in [7, 11) is 1.64. The summed E-state index contributed by atoms with van der Waals surface area (Å²) in [5.41, 5.74) is 12.6. The van der Waals surface area contributed by atoms with Crippen LogP contribution in [0.4, 0.5) is 0 Å². The van der Waals surface area contributed by atoms with Gasteiger partial charge < -0.3 is 16.2 Å². The molecule has 1 rings (SSSR count). The van der Waals surface area contributed by atoms with Crippen molar-refractivity contribution >= 4 is 0 Å². The third-order valence-electron chi connectivity index (χ3n) is 2.05. The van der Waals surface area contributed by atoms with Crippen LogP contribution in [0.1, 0.15) is 18.5 Å². The largest absolute Gasteiger partial charge is 0.497 e. The van der Waals surface area contributed by atoms with E-state index in [-0.39, 0.29) is 12.1 Å². The molecule has 4 N–H and O–H groups in total. The van der Waals surface area contributed by atoms with Gasteiger partial charge in [0.2, 0.25) is 0 Å². The van der Waals surface area contributed by atoms with Crippen molar-refractivity contribution in [2.45, 2.75) is 19.0 Å². The van der Waals surface area contributed by atoms with Crippen LogP contribution in [-0.2, 0) is 0 Å². The van der Waals surface area contributed by atoms with Crippen LogP contribution in [0.3, 0.4) is 0 Å². The SMILES string of the molecule is COc1cccc([C@H](N)[C@H](C)N)c1. The van der Waals surface area contributed by atoms with E-state index in [1.807, 2.05) is 31.2 Å². The molecular formula is C10H16N2O. The molecule has 0 fully saturated rings. The highest BCUT2D eigenvalue weighted by Crippen LogP contribution is 2.18. The van der Waals surface area contributed by atoms with Crippen LogP contribution in [0, 0.1) is 0 Å². The number of rotatable bonds is 3. The molecule has 0 heterocycles. The zero-order valence-electron chi connectivity index (χ0n) is 8.03. The summed E-state index contributed by atoms with van der Waals surface area (Å²) in [4.78, 5) is 0. The third-order valence-corrected chi connectivity index (χ3v) is 2.05. The molecule has 0 amide bonds. The van der Waals surface area contributed by atoms with Crippen LogP contribution in [0.25, 0.3) is 0 Å². The molecule has 0 unspecified atom stereocenters. The Bertz CT molecular complexity index is 273. The Morgan fingerprint density at radius 3 is 2.54 bits per heavy atom. The monoisotopic (exact) mass is 180 g/mol. The van der Waals surface area contributed by atoms with Gasteiger partial charge in [-0.25, -0.2) is 0 Å². The second-order valence-corrected chi connectivity index (χ2v) is 3.16. The third kappa shape index (κ3) is 2.44. The quantitative estimate of drug-likeness (QED) is 0.730. The number of benzene rings is 1. The lowest BCUT2D eigenvalue weighted by Gasteiger charge is -2.16. The van der Waals surface area contributed by atoms with E-state index in [1.54, 1.807) is 7.11 Å². The molecule has 1 aromatic rings. The highest BCUT2D eigenvalue weighted by molar-refractivity contribution is 5.30. The van der Waals surface area contributed by atoms with Crippen LogP contribution >= 0.6 is 0 Å². The van der Waals surface area contributed by atoms with E-state index in [2.05, 4.69) is 0 Å². The molecule has 72 valence electrons. The van der Waals surface area contributed by atoms with Crippen molar-refractivity contribution in [3.05, 3.63) is 29.8 Å². The van der Waals surface area contributed by atoms with Crippen molar-refractivity contribution < 1.29 is 4.74 Å². The number of nitrogens with two attached hydrogens (primary N) is 2. The predicted molar refractivity (Wildman–Crippen MR) is 53.6 cm³/mol. The molecule has 0 bridgehead atoms. The summed E-state index contributed by atoms with van der Waals surface area (Å²) < 4.78 is 5.09. The molecule has 0 aromatic heterocycles. The molecule has 0 aliphatic heterocycles. The second-order valence-electron chi connectivity index (χ2n) is 3.16. The Kier molecular flexibility index (Phi) is 3.28. The normalized spacial score (nSPS) is 15.1. The Balaban J connectivity index is 2.88. The molecule has 3 nitrogen and oxygen atoms in total. The summed E-state index contributed by atoms with van der Waals surface area (Å²) in [6, 6.07) is 7.49. The van der Waals surface area contributed by atoms with Gasteiger partial charge in [-0.1, -0.05) is 12.1 Å². The lowest BCUT2D eigenvalue weighted by Crippen LogP contribution is -2.30. The molecule has 13 heavy (non-hydrogen) atoms. The standard InChI is InChI=1S/C10H16N2O/c1-7(11)10(12)8-4-3-5-9(6-8)13-2/h3-7,10H,11-12H2,1-2H3/t7-,10+/m0/s1. The molecule has 0 radical (unpaired) electrons. The predicted octanol–water partition coefficient (Wildman–Crippen LogP) is 1.04. The first kappa shape index (κ1) is 10.0. The molecule has 0 aliphatic rings. The van der Waals surface area contributed by atoms with Crippen LogP contribution in [-0.4, -0.2) is 13.2 Å². The van der Waals surface area contributed by atoms with E-state index in [0.29, 0.717) is 0 Å². The van der Waals surface area contributed by atoms with Crippen LogP contribution < -0.4 is 16.2 Å². The molecule has 2 atom stereocenters. The van der Waals surface area contributed by atoms with Crippen LogP contribution in [0.15, 0.2) is 24.3 Å². The van der Waals surface area contributed by atoms with Crippen molar-refractivity contribution in [2.75, 3.05) is 7.11 Å². The summed E-state index contributed by atoms with van der Waals surface area (Å²) in [6.07, 6.45) is 0. The first-order valence-electron chi connectivity index (χ1n) is 4.30. The molecule has 3 heteroatoms. The van der Waals surface area contributed by atoms with E-state index in [4.69, 9.17) is 16.2 Å². The van der Waals surface area contributed by atoms with Crippen molar-refractivity contribution in [3.8, 4) is 5.75 Å². The van der Waals surface area contributed by atoms with Crippen molar-refractivity contribution in [3.63, 3.8) is 0 Å². The maximum atomic E-state index is 5.88. The Labute approximate surface area is 78.7 Å². The van der Waals surface area contributed by atoms with E-state index in [0.717, 1.165) is 11.3 Å². The molecule has 0 saturated carbocycles. The maximum Gasteiger partial charge on any atom is 0.119 e. The summed E-state index contributed by atoms with van der Waals surface area (Å²) in [5.74, 6) is 0.814. The fourth-order valence-corrected chi connectivity index (χ4v) is 1.15. The average molecular weight is 180 g/mol. The van der Waals surface area contributed by atoms with Crippen LogP contribution in [0.2, 0.25) is 0 Å². The lowest BCUT2D eigenvalue weighted by molar-refractivity contribution is 0.413. The first-order valence-corrected chi connectivity index (χ1v) is 4.30. The van der Waals surface area contributed by atoms with Crippen molar-refractivity contribution in [1.82, 2.24) is 0 Å². The van der Waals surface area contributed by atoms with Gasteiger partial charge in [0, 0.05) is 12.1 Å². The molecule has 0 spiro atoms. The smallest absolute Gasteiger partial charge is 0.119 e. The van der Waals surface area contributed by atoms with Gasteiger partial charge in [0.15, 0.2) is 0 Å². The van der Waals surface area contributed by atoms with Gasteiger partial charge >= 0.3 is 0 Å². The maximum absolute atomic E-state index is 5.88. The number of hydrogen-bond donors (Lipinski definition) is 2. The van der Waals surface area contributed by atoms with Gasteiger partial charge in [0.25, 0.3) is 0 Å². The minimum absolute atomic E-state index is 0.0490. The van der Waals surface area contributed by atoms with Gasteiger partial charge in [-0.2, -0.15) is 0 Å². The molecule has 0 aliphatic carbocycles. The lowest BCUT2D eigenvalue weighted by atomic mass is 10.0. The van der Waals surface area contributed by atoms with Gasteiger partial charge in [0.1, 0.15) is 5.75 Å². The van der Waals surface area contributed by atoms with Crippen LogP contribution in [0.5, 0.6) is 5.75 Å². The molecule has 0 saturated heterocycles. The highest BCUT2D eigenvalue weighted by atomic mass is 16.5. The summed E-state index contributed by atoms with van der Waals surface area (Å²) in [5, 5.41) is 0. The number of hydrogen-bond acceptors (Lipinski definition) is 3. The second kappa shape index (κ2) is 4.25. The van der Waals surface area contributed by atoms with Crippen molar-refractivity contribution in [1.29, 1.82) is 0 Å². The minimum atomic E-state index is -0.130. The van der Waals surface area contributed by atoms with E-state index in [1.165, 1.54) is 0 Å².